The second-order valence-electron chi connectivity index (χ2n) is 4.96. The van der Waals surface area contributed by atoms with Crippen LogP contribution < -0.4 is 11.1 Å². The molecule has 2 atom stereocenters. The first-order valence-electron chi connectivity index (χ1n) is 5.16. The topological polar surface area (TPSA) is 75.3 Å². The van der Waals surface area contributed by atoms with Crippen molar-refractivity contribution in [2.24, 2.45) is 11.7 Å². The molecule has 1 saturated carbocycles. The van der Waals surface area contributed by atoms with Gasteiger partial charge < -0.3 is 16.2 Å². The van der Waals surface area contributed by atoms with Crippen LogP contribution in [-0.2, 0) is 0 Å². The molecule has 1 aliphatic carbocycles. The van der Waals surface area contributed by atoms with Crippen molar-refractivity contribution < 1.29 is 9.90 Å². The van der Waals surface area contributed by atoms with Gasteiger partial charge in [-0.2, -0.15) is 0 Å². The van der Waals surface area contributed by atoms with Gasteiger partial charge in [0, 0.05) is 11.6 Å². The van der Waals surface area contributed by atoms with Crippen LogP contribution in [0.3, 0.4) is 0 Å². The van der Waals surface area contributed by atoms with Crippen molar-refractivity contribution in [2.75, 3.05) is 0 Å². The molecule has 0 aromatic carbocycles. The maximum Gasteiger partial charge on any atom is 0.405 e. The van der Waals surface area contributed by atoms with Crippen molar-refractivity contribution >= 4 is 6.09 Å². The largest absolute Gasteiger partial charge is 0.465 e. The molecule has 4 heteroatoms. The second-order valence-corrected chi connectivity index (χ2v) is 4.96. The molecule has 0 aromatic rings. The number of carbonyl (C=O) groups is 1. The summed E-state index contributed by atoms with van der Waals surface area (Å²) in [5, 5.41) is 11.2. The molecule has 0 aliphatic heterocycles. The fourth-order valence-corrected chi connectivity index (χ4v) is 2.36. The van der Waals surface area contributed by atoms with Gasteiger partial charge in [0.25, 0.3) is 0 Å². The van der Waals surface area contributed by atoms with Crippen LogP contribution in [0.1, 0.15) is 39.5 Å². The number of amides is 1. The summed E-state index contributed by atoms with van der Waals surface area (Å²) in [7, 11) is 0. The van der Waals surface area contributed by atoms with Gasteiger partial charge >= 0.3 is 6.09 Å². The number of hydrogen-bond acceptors (Lipinski definition) is 2. The second kappa shape index (κ2) is 4.17. The van der Waals surface area contributed by atoms with E-state index in [0.717, 1.165) is 25.7 Å². The molecule has 1 fully saturated rings. The lowest BCUT2D eigenvalue weighted by Crippen LogP contribution is -2.43. The predicted molar refractivity (Wildman–Crippen MR) is 55.2 cm³/mol. The van der Waals surface area contributed by atoms with Crippen molar-refractivity contribution in [3.63, 3.8) is 0 Å². The first-order valence-corrected chi connectivity index (χ1v) is 5.16. The minimum atomic E-state index is -0.947. The summed E-state index contributed by atoms with van der Waals surface area (Å²) in [5.74, 6) is 0.576. The van der Waals surface area contributed by atoms with Gasteiger partial charge in [-0.3, -0.25) is 0 Å². The highest BCUT2D eigenvalue weighted by molar-refractivity contribution is 5.65. The monoisotopic (exact) mass is 200 g/mol. The molecule has 0 heterocycles. The Morgan fingerprint density at radius 1 is 1.57 bits per heavy atom. The smallest absolute Gasteiger partial charge is 0.405 e. The Balaban J connectivity index is 2.38. The van der Waals surface area contributed by atoms with Crippen LogP contribution in [0.2, 0.25) is 0 Å². The lowest BCUT2D eigenvalue weighted by atomic mass is 9.89. The molecule has 1 amide bonds. The van der Waals surface area contributed by atoms with E-state index in [-0.39, 0.29) is 5.54 Å². The van der Waals surface area contributed by atoms with E-state index in [0.29, 0.717) is 12.0 Å². The van der Waals surface area contributed by atoms with E-state index < -0.39 is 6.09 Å². The van der Waals surface area contributed by atoms with Crippen molar-refractivity contribution in [3.05, 3.63) is 0 Å². The highest BCUT2D eigenvalue weighted by atomic mass is 16.4. The van der Waals surface area contributed by atoms with Gasteiger partial charge in [-0.15, -0.1) is 0 Å². The summed E-state index contributed by atoms with van der Waals surface area (Å²) in [6, 6.07) is 0.320. The molecule has 0 aromatic heterocycles. The van der Waals surface area contributed by atoms with E-state index in [1.54, 1.807) is 0 Å². The average Bonchev–Trinajstić information content (AvgIpc) is 2.30. The molecule has 4 nitrogen and oxygen atoms in total. The summed E-state index contributed by atoms with van der Waals surface area (Å²) in [4.78, 5) is 10.5. The first-order chi connectivity index (χ1) is 6.39. The van der Waals surface area contributed by atoms with Crippen LogP contribution in [0.15, 0.2) is 0 Å². The third kappa shape index (κ3) is 3.54. The Morgan fingerprint density at radius 2 is 2.21 bits per heavy atom. The van der Waals surface area contributed by atoms with Crippen LogP contribution >= 0.6 is 0 Å². The Kier molecular flexibility index (Phi) is 3.37. The zero-order chi connectivity index (χ0) is 10.8. The summed E-state index contributed by atoms with van der Waals surface area (Å²) in [6.45, 7) is 3.84. The summed E-state index contributed by atoms with van der Waals surface area (Å²) in [6.07, 6.45) is 3.18. The van der Waals surface area contributed by atoms with E-state index in [4.69, 9.17) is 10.8 Å². The van der Waals surface area contributed by atoms with Crippen molar-refractivity contribution in [1.29, 1.82) is 0 Å². The normalized spacial score (nSPS) is 27.6. The fraction of sp³-hybridized carbons (Fsp3) is 0.900. The van der Waals surface area contributed by atoms with Crippen LogP contribution in [-0.4, -0.2) is 22.8 Å². The number of carboxylic acid groups (broad SMARTS) is 1. The number of hydrogen-bond donors (Lipinski definition) is 3. The molecule has 0 unspecified atom stereocenters. The van der Waals surface area contributed by atoms with Gasteiger partial charge in [0.05, 0.1) is 0 Å². The molecule has 14 heavy (non-hydrogen) atoms. The third-order valence-corrected chi connectivity index (χ3v) is 2.83. The summed E-state index contributed by atoms with van der Waals surface area (Å²) >= 11 is 0. The fourth-order valence-electron chi connectivity index (χ4n) is 2.36. The summed E-state index contributed by atoms with van der Waals surface area (Å²) < 4.78 is 0. The van der Waals surface area contributed by atoms with Gasteiger partial charge in [-0.05, 0) is 45.4 Å². The van der Waals surface area contributed by atoms with Gasteiger partial charge in [0.1, 0.15) is 0 Å². The van der Waals surface area contributed by atoms with Crippen LogP contribution in [0.5, 0.6) is 0 Å². The lowest BCUT2D eigenvalue weighted by molar-refractivity contribution is 0.176. The third-order valence-electron chi connectivity index (χ3n) is 2.83. The molecule has 1 aliphatic rings. The minimum absolute atomic E-state index is 0.320. The number of nitrogens with two attached hydrogens (primary N) is 1. The lowest BCUT2D eigenvalue weighted by Gasteiger charge is -2.27. The summed E-state index contributed by atoms with van der Waals surface area (Å²) in [5.41, 5.74) is 5.48. The molecular formula is C10H20N2O2. The van der Waals surface area contributed by atoms with Gasteiger partial charge in [0.15, 0.2) is 0 Å². The van der Waals surface area contributed by atoms with Crippen LogP contribution in [0.25, 0.3) is 0 Å². The Labute approximate surface area is 84.9 Å². The SMILES string of the molecule is CC(C)(C[C@H]1CC[C@@H](N)C1)NC(=O)O. The van der Waals surface area contributed by atoms with Crippen LogP contribution in [0, 0.1) is 5.92 Å². The van der Waals surface area contributed by atoms with Crippen molar-refractivity contribution in [3.8, 4) is 0 Å². The minimum Gasteiger partial charge on any atom is -0.465 e. The average molecular weight is 200 g/mol. The van der Waals surface area contributed by atoms with Gasteiger partial charge in [-0.1, -0.05) is 0 Å². The Morgan fingerprint density at radius 3 is 2.64 bits per heavy atom. The number of nitrogens with one attached hydrogen (secondary N) is 1. The number of rotatable bonds is 3. The predicted octanol–water partition coefficient (Wildman–Crippen LogP) is 1.55. The van der Waals surface area contributed by atoms with Gasteiger partial charge in [-0.25, -0.2) is 4.79 Å². The van der Waals surface area contributed by atoms with E-state index in [1.165, 1.54) is 0 Å². The molecule has 0 spiro atoms. The standard InChI is InChI=1S/C10H20N2O2/c1-10(2,12-9(13)14)6-7-3-4-8(11)5-7/h7-8,12H,3-6,11H2,1-2H3,(H,13,14)/t7-,8+/m0/s1. The zero-order valence-corrected chi connectivity index (χ0v) is 8.92. The van der Waals surface area contributed by atoms with Crippen molar-refractivity contribution in [1.82, 2.24) is 5.32 Å². The van der Waals surface area contributed by atoms with E-state index >= 15 is 0 Å². The molecule has 4 N–H and O–H groups in total. The van der Waals surface area contributed by atoms with Crippen LogP contribution in [0.4, 0.5) is 4.79 Å². The quantitative estimate of drug-likeness (QED) is 0.647. The maximum atomic E-state index is 10.5. The molecule has 0 bridgehead atoms. The molecule has 82 valence electrons. The molecule has 0 radical (unpaired) electrons. The highest BCUT2D eigenvalue weighted by Gasteiger charge is 2.29. The Hall–Kier alpha value is -0.770. The van der Waals surface area contributed by atoms with E-state index in [1.807, 2.05) is 13.8 Å². The molecular weight excluding hydrogens is 180 g/mol. The van der Waals surface area contributed by atoms with E-state index in [2.05, 4.69) is 5.32 Å². The molecule has 0 saturated heterocycles. The zero-order valence-electron chi connectivity index (χ0n) is 8.92. The Bertz CT molecular complexity index is 216. The highest BCUT2D eigenvalue weighted by Crippen LogP contribution is 2.31. The van der Waals surface area contributed by atoms with Crippen molar-refractivity contribution in [2.45, 2.75) is 51.1 Å². The molecule has 1 rings (SSSR count). The maximum absolute atomic E-state index is 10.5. The van der Waals surface area contributed by atoms with Gasteiger partial charge in [0.2, 0.25) is 0 Å². The van der Waals surface area contributed by atoms with E-state index in [9.17, 15) is 4.79 Å². The first kappa shape index (κ1) is 11.3.